The number of fused-ring (bicyclic) bond motifs is 2. The quantitative estimate of drug-likeness (QED) is 0.676. The van der Waals surface area contributed by atoms with E-state index < -0.39 is 17.3 Å². The summed E-state index contributed by atoms with van der Waals surface area (Å²) in [6.07, 6.45) is 0. The number of carboxylic acid groups (broad SMARTS) is 1. The van der Waals surface area contributed by atoms with Crippen LogP contribution < -0.4 is 5.32 Å². The number of hydrogen-bond acceptors (Lipinski definition) is 5. The highest BCUT2D eigenvalue weighted by Crippen LogP contribution is 2.39. The lowest BCUT2D eigenvalue weighted by atomic mass is 9.81. The molecule has 9 heteroatoms. The SMILES string of the molecule is O=C1NC[C@@]2(C(=O)O)CN(C(=O)COCc3nc4ccccc4[nH]3)C[C@@H]12. The van der Waals surface area contributed by atoms with E-state index in [1.54, 1.807) is 0 Å². The fourth-order valence-electron chi connectivity index (χ4n) is 3.67. The Labute approximate surface area is 148 Å². The third kappa shape index (κ3) is 2.60. The maximum absolute atomic E-state index is 12.4. The second-order valence-corrected chi connectivity index (χ2v) is 6.70. The molecule has 0 unspecified atom stereocenters. The van der Waals surface area contributed by atoms with Crippen LogP contribution >= 0.6 is 0 Å². The van der Waals surface area contributed by atoms with Crippen molar-refractivity contribution in [3.05, 3.63) is 30.1 Å². The number of likely N-dealkylation sites (tertiary alicyclic amines) is 1. The van der Waals surface area contributed by atoms with Crippen LogP contribution in [0.4, 0.5) is 0 Å². The number of carbonyl (C=O) groups is 3. The number of nitrogens with zero attached hydrogens (tertiary/aromatic N) is 2. The molecule has 0 bridgehead atoms. The van der Waals surface area contributed by atoms with Gasteiger partial charge in [0.15, 0.2) is 0 Å². The number of hydrogen-bond donors (Lipinski definition) is 3. The van der Waals surface area contributed by atoms with E-state index in [2.05, 4.69) is 15.3 Å². The van der Waals surface area contributed by atoms with Gasteiger partial charge in [0.2, 0.25) is 11.8 Å². The number of rotatable bonds is 5. The average Bonchev–Trinajstić information content (AvgIpc) is 3.28. The summed E-state index contributed by atoms with van der Waals surface area (Å²) in [5.41, 5.74) is 0.476. The molecule has 0 saturated carbocycles. The van der Waals surface area contributed by atoms with Gasteiger partial charge in [-0.25, -0.2) is 4.98 Å². The Morgan fingerprint density at radius 3 is 2.92 bits per heavy atom. The third-order valence-corrected chi connectivity index (χ3v) is 5.12. The summed E-state index contributed by atoms with van der Waals surface area (Å²) < 4.78 is 5.43. The number of aromatic amines is 1. The highest BCUT2D eigenvalue weighted by atomic mass is 16.5. The second kappa shape index (κ2) is 6.10. The third-order valence-electron chi connectivity index (χ3n) is 5.12. The number of carboxylic acids is 1. The van der Waals surface area contributed by atoms with Crippen LogP contribution in [0.25, 0.3) is 11.0 Å². The zero-order chi connectivity index (χ0) is 18.3. The zero-order valence-electron chi connectivity index (χ0n) is 13.9. The van der Waals surface area contributed by atoms with E-state index in [0.29, 0.717) is 5.82 Å². The molecule has 136 valence electrons. The van der Waals surface area contributed by atoms with E-state index in [0.717, 1.165) is 11.0 Å². The average molecular weight is 358 g/mol. The van der Waals surface area contributed by atoms with Crippen LogP contribution in [0.3, 0.4) is 0 Å². The molecule has 2 aliphatic rings. The molecule has 2 aliphatic heterocycles. The first-order valence-electron chi connectivity index (χ1n) is 8.30. The molecule has 1 aromatic carbocycles. The molecule has 3 N–H and O–H groups in total. The van der Waals surface area contributed by atoms with Crippen molar-refractivity contribution in [3.8, 4) is 0 Å². The number of imidazole rings is 1. The molecule has 1 aromatic heterocycles. The number of para-hydroxylation sites is 2. The fourth-order valence-corrected chi connectivity index (χ4v) is 3.67. The van der Waals surface area contributed by atoms with Crippen molar-refractivity contribution in [2.75, 3.05) is 26.2 Å². The molecule has 9 nitrogen and oxygen atoms in total. The van der Waals surface area contributed by atoms with Crippen molar-refractivity contribution in [2.24, 2.45) is 11.3 Å². The highest BCUT2D eigenvalue weighted by Gasteiger charge is 2.60. The number of benzene rings is 1. The maximum Gasteiger partial charge on any atom is 0.314 e. The Balaban J connectivity index is 1.35. The molecular weight excluding hydrogens is 340 g/mol. The summed E-state index contributed by atoms with van der Waals surface area (Å²) in [5.74, 6) is -1.80. The van der Waals surface area contributed by atoms with Crippen molar-refractivity contribution in [2.45, 2.75) is 6.61 Å². The Bertz CT molecular complexity index is 861. The van der Waals surface area contributed by atoms with Gasteiger partial charge >= 0.3 is 5.97 Å². The van der Waals surface area contributed by atoms with E-state index in [9.17, 15) is 19.5 Å². The Kier molecular flexibility index (Phi) is 3.87. The number of ether oxygens (including phenoxy) is 1. The Morgan fingerprint density at radius 1 is 1.38 bits per heavy atom. The van der Waals surface area contributed by atoms with Crippen molar-refractivity contribution in [1.82, 2.24) is 20.2 Å². The largest absolute Gasteiger partial charge is 0.481 e. The van der Waals surface area contributed by atoms with E-state index in [4.69, 9.17) is 4.74 Å². The molecule has 0 spiro atoms. The maximum atomic E-state index is 12.4. The number of carbonyl (C=O) groups excluding carboxylic acids is 2. The lowest BCUT2D eigenvalue weighted by Crippen LogP contribution is -2.42. The van der Waals surface area contributed by atoms with Gasteiger partial charge in [-0.15, -0.1) is 0 Å². The summed E-state index contributed by atoms with van der Waals surface area (Å²) >= 11 is 0. The smallest absolute Gasteiger partial charge is 0.314 e. The summed E-state index contributed by atoms with van der Waals surface area (Å²) in [4.78, 5) is 44.7. The molecule has 2 atom stereocenters. The zero-order valence-corrected chi connectivity index (χ0v) is 13.9. The minimum absolute atomic E-state index is 0.0125. The van der Waals surface area contributed by atoms with Crippen LogP contribution in [0.15, 0.2) is 24.3 Å². The van der Waals surface area contributed by atoms with E-state index in [1.165, 1.54) is 4.90 Å². The van der Waals surface area contributed by atoms with Crippen molar-refractivity contribution in [3.63, 3.8) is 0 Å². The van der Waals surface area contributed by atoms with E-state index in [1.807, 2.05) is 24.3 Å². The lowest BCUT2D eigenvalue weighted by Gasteiger charge is -2.21. The van der Waals surface area contributed by atoms with Gasteiger partial charge in [0, 0.05) is 19.6 Å². The Hall–Kier alpha value is -2.94. The summed E-state index contributed by atoms with van der Waals surface area (Å²) in [5, 5.41) is 12.1. The van der Waals surface area contributed by atoms with Gasteiger partial charge in [-0.2, -0.15) is 0 Å². The van der Waals surface area contributed by atoms with Gasteiger partial charge in [0.1, 0.15) is 24.5 Å². The van der Waals surface area contributed by atoms with Crippen LogP contribution in [-0.2, 0) is 25.7 Å². The molecule has 26 heavy (non-hydrogen) atoms. The molecule has 3 heterocycles. The number of amides is 2. The molecule has 0 aliphatic carbocycles. The van der Waals surface area contributed by atoms with Gasteiger partial charge in [-0.3, -0.25) is 14.4 Å². The van der Waals surface area contributed by atoms with Crippen molar-refractivity contribution in [1.29, 1.82) is 0 Å². The second-order valence-electron chi connectivity index (χ2n) is 6.70. The van der Waals surface area contributed by atoms with E-state index >= 15 is 0 Å². The first-order chi connectivity index (χ1) is 12.5. The van der Waals surface area contributed by atoms with Crippen LogP contribution in [-0.4, -0.2) is 64.0 Å². The predicted molar refractivity (Wildman–Crippen MR) is 88.9 cm³/mol. The molecular formula is C17H18N4O5. The predicted octanol–water partition coefficient (Wildman–Crippen LogP) is -0.261. The van der Waals surface area contributed by atoms with Gasteiger partial charge < -0.3 is 25.0 Å². The first kappa shape index (κ1) is 16.5. The molecule has 2 fully saturated rings. The highest BCUT2D eigenvalue weighted by molar-refractivity contribution is 5.94. The normalized spacial score (nSPS) is 24.7. The van der Waals surface area contributed by atoms with Gasteiger partial charge in [0.25, 0.3) is 0 Å². The number of aromatic nitrogens is 2. The Morgan fingerprint density at radius 2 is 2.19 bits per heavy atom. The fraction of sp³-hybridized carbons (Fsp3) is 0.412. The van der Waals surface area contributed by atoms with Crippen LogP contribution in [0.5, 0.6) is 0 Å². The van der Waals surface area contributed by atoms with Gasteiger partial charge in [-0.1, -0.05) is 12.1 Å². The summed E-state index contributed by atoms with van der Waals surface area (Å²) in [6.45, 7) is 0.113. The summed E-state index contributed by atoms with van der Waals surface area (Å²) in [7, 11) is 0. The minimum Gasteiger partial charge on any atom is -0.481 e. The molecule has 2 amide bonds. The topological polar surface area (TPSA) is 125 Å². The van der Waals surface area contributed by atoms with Gasteiger partial charge in [0.05, 0.1) is 17.0 Å². The van der Waals surface area contributed by atoms with Gasteiger partial charge in [-0.05, 0) is 12.1 Å². The van der Waals surface area contributed by atoms with E-state index in [-0.39, 0.29) is 44.7 Å². The minimum atomic E-state index is -1.23. The molecule has 2 aromatic rings. The monoisotopic (exact) mass is 358 g/mol. The van der Waals surface area contributed by atoms with Crippen LogP contribution in [0.1, 0.15) is 5.82 Å². The van der Waals surface area contributed by atoms with Crippen molar-refractivity contribution < 1.29 is 24.2 Å². The summed E-state index contributed by atoms with van der Waals surface area (Å²) in [6, 6.07) is 7.56. The number of H-pyrrole nitrogens is 1. The van der Waals surface area contributed by atoms with Crippen LogP contribution in [0, 0.1) is 11.3 Å². The molecule has 2 saturated heterocycles. The molecule has 4 rings (SSSR count). The number of nitrogens with one attached hydrogen (secondary N) is 2. The van der Waals surface area contributed by atoms with Crippen molar-refractivity contribution >= 4 is 28.8 Å². The first-order valence-corrected chi connectivity index (χ1v) is 8.30. The standard InChI is InChI=1S/C17H18N4O5/c22-14(7-26-6-13-19-11-3-1-2-4-12(11)20-13)21-5-10-15(23)18-8-17(10,9-21)16(24)25/h1-4,10H,5-9H2,(H,18,23)(H,19,20)(H,24,25)/t10-,17+/m0/s1. The molecule has 0 radical (unpaired) electrons. The van der Waals surface area contributed by atoms with Crippen LogP contribution in [0.2, 0.25) is 0 Å². The number of aliphatic carboxylic acids is 1. The lowest BCUT2D eigenvalue weighted by molar-refractivity contribution is -0.150.